The first-order valence-corrected chi connectivity index (χ1v) is 10.7. The van der Waals surface area contributed by atoms with Crippen molar-refractivity contribution in [3.05, 3.63) is 28.8 Å². The molecule has 0 aliphatic heterocycles. The first kappa shape index (κ1) is 22.3. The minimum absolute atomic E-state index is 0.258. The van der Waals surface area contributed by atoms with E-state index in [4.69, 9.17) is 5.73 Å². The number of hydrogen-bond donors (Lipinski definition) is 2. The zero-order valence-corrected chi connectivity index (χ0v) is 18.0. The van der Waals surface area contributed by atoms with Crippen LogP contribution in [0.4, 0.5) is 5.69 Å². The van der Waals surface area contributed by atoms with Gasteiger partial charge in [0.1, 0.15) is 0 Å². The maximum atomic E-state index is 12.4. The standard InChI is InChI=1S/C23H37N3O2/c1-5-6-7-8-21(28)26(4)19-13-11-17(12-14-19)22-16(2)9-10-18(15-20(24)27)23(22)25-3/h9-10,17,19,25H,5-8,11-15H2,1-4H3,(H2,24,27)/t17-,19-. The monoisotopic (exact) mass is 387 g/mol. The molecule has 1 saturated carbocycles. The second-order valence-corrected chi connectivity index (χ2v) is 8.19. The van der Waals surface area contributed by atoms with Crippen LogP contribution in [-0.2, 0) is 16.0 Å². The number of unbranched alkanes of at least 4 members (excludes halogenated alkanes) is 2. The summed E-state index contributed by atoms with van der Waals surface area (Å²) in [6.45, 7) is 4.30. The van der Waals surface area contributed by atoms with E-state index in [-0.39, 0.29) is 18.2 Å². The second kappa shape index (κ2) is 10.5. The summed E-state index contributed by atoms with van der Waals surface area (Å²) in [5.74, 6) is 0.431. The second-order valence-electron chi connectivity index (χ2n) is 8.19. The molecule has 1 aromatic carbocycles. The molecule has 28 heavy (non-hydrogen) atoms. The van der Waals surface area contributed by atoms with Crippen LogP contribution in [0.3, 0.4) is 0 Å². The predicted octanol–water partition coefficient (Wildman–Crippen LogP) is 4.13. The van der Waals surface area contributed by atoms with Crippen molar-refractivity contribution in [3.8, 4) is 0 Å². The van der Waals surface area contributed by atoms with Gasteiger partial charge in [-0.1, -0.05) is 31.9 Å². The van der Waals surface area contributed by atoms with Gasteiger partial charge in [-0.3, -0.25) is 9.59 Å². The van der Waals surface area contributed by atoms with E-state index in [1.165, 1.54) is 11.1 Å². The van der Waals surface area contributed by atoms with E-state index in [1.807, 2.05) is 25.1 Å². The van der Waals surface area contributed by atoms with Gasteiger partial charge in [0.25, 0.3) is 0 Å². The first-order valence-electron chi connectivity index (χ1n) is 10.7. The fraction of sp³-hybridized carbons (Fsp3) is 0.652. The first-order chi connectivity index (χ1) is 13.4. The lowest BCUT2D eigenvalue weighted by Gasteiger charge is -2.36. The largest absolute Gasteiger partial charge is 0.388 e. The fourth-order valence-corrected chi connectivity index (χ4v) is 4.58. The summed E-state index contributed by atoms with van der Waals surface area (Å²) < 4.78 is 0. The van der Waals surface area contributed by atoms with Crippen molar-refractivity contribution >= 4 is 17.5 Å². The Bertz CT molecular complexity index is 679. The van der Waals surface area contributed by atoms with Gasteiger partial charge >= 0.3 is 0 Å². The van der Waals surface area contributed by atoms with Crippen LogP contribution >= 0.6 is 0 Å². The number of nitrogens with one attached hydrogen (secondary N) is 1. The van der Waals surface area contributed by atoms with Gasteiger partial charge in [0.15, 0.2) is 0 Å². The van der Waals surface area contributed by atoms with Gasteiger partial charge in [-0.2, -0.15) is 0 Å². The van der Waals surface area contributed by atoms with E-state index in [0.29, 0.717) is 18.4 Å². The number of benzene rings is 1. The highest BCUT2D eigenvalue weighted by atomic mass is 16.2. The molecule has 0 atom stereocenters. The molecular formula is C23H37N3O2. The summed E-state index contributed by atoms with van der Waals surface area (Å²) in [6.07, 6.45) is 8.37. The molecule has 2 amide bonds. The topological polar surface area (TPSA) is 75.4 Å². The average Bonchev–Trinajstić information content (AvgIpc) is 2.68. The highest BCUT2D eigenvalue weighted by Gasteiger charge is 2.29. The minimum atomic E-state index is -0.307. The van der Waals surface area contributed by atoms with E-state index >= 15 is 0 Å². The third-order valence-electron chi connectivity index (χ3n) is 6.20. The summed E-state index contributed by atoms with van der Waals surface area (Å²) >= 11 is 0. The lowest BCUT2D eigenvalue weighted by molar-refractivity contribution is -0.132. The minimum Gasteiger partial charge on any atom is -0.388 e. The van der Waals surface area contributed by atoms with Gasteiger partial charge in [0.2, 0.25) is 11.8 Å². The Hall–Kier alpha value is -2.04. The molecule has 1 aromatic rings. The van der Waals surface area contributed by atoms with Crippen molar-refractivity contribution in [2.75, 3.05) is 19.4 Å². The van der Waals surface area contributed by atoms with Crippen molar-refractivity contribution in [1.29, 1.82) is 0 Å². The van der Waals surface area contributed by atoms with Gasteiger partial charge in [0.05, 0.1) is 6.42 Å². The van der Waals surface area contributed by atoms with Crippen LogP contribution in [0.15, 0.2) is 12.1 Å². The molecule has 0 spiro atoms. The Morgan fingerprint density at radius 1 is 1.18 bits per heavy atom. The zero-order chi connectivity index (χ0) is 20.7. The molecule has 0 aromatic heterocycles. The predicted molar refractivity (Wildman–Crippen MR) is 116 cm³/mol. The van der Waals surface area contributed by atoms with Crippen molar-refractivity contribution in [3.63, 3.8) is 0 Å². The van der Waals surface area contributed by atoms with Crippen molar-refractivity contribution in [2.24, 2.45) is 5.73 Å². The quantitative estimate of drug-likeness (QED) is 0.626. The Labute approximate surface area is 170 Å². The molecule has 3 N–H and O–H groups in total. The van der Waals surface area contributed by atoms with Crippen LogP contribution in [0.2, 0.25) is 0 Å². The number of carbonyl (C=O) groups is 2. The SMILES string of the molecule is CCCCCC(=O)N(C)[C@H]1CC[C@H](c2c(C)ccc(CC(N)=O)c2NC)CC1. The zero-order valence-electron chi connectivity index (χ0n) is 18.0. The van der Waals surface area contributed by atoms with Gasteiger partial charge in [0, 0.05) is 32.2 Å². The van der Waals surface area contributed by atoms with E-state index in [9.17, 15) is 9.59 Å². The summed E-state index contributed by atoms with van der Waals surface area (Å²) in [6, 6.07) is 4.45. The van der Waals surface area contributed by atoms with E-state index in [2.05, 4.69) is 25.2 Å². The number of amides is 2. The summed E-state index contributed by atoms with van der Waals surface area (Å²) in [7, 11) is 3.88. The summed E-state index contributed by atoms with van der Waals surface area (Å²) in [5.41, 5.74) is 10.0. The van der Waals surface area contributed by atoms with E-state index in [1.54, 1.807) is 0 Å². The maximum Gasteiger partial charge on any atom is 0.222 e. The molecule has 1 aliphatic rings. The van der Waals surface area contributed by atoms with Crippen LogP contribution in [0, 0.1) is 6.92 Å². The third-order valence-corrected chi connectivity index (χ3v) is 6.20. The van der Waals surface area contributed by atoms with Crippen LogP contribution in [-0.4, -0.2) is 36.9 Å². The van der Waals surface area contributed by atoms with Gasteiger partial charge in [-0.25, -0.2) is 0 Å². The highest BCUT2D eigenvalue weighted by Crippen LogP contribution is 2.41. The molecule has 156 valence electrons. The fourth-order valence-electron chi connectivity index (χ4n) is 4.58. The van der Waals surface area contributed by atoms with Gasteiger partial charge in [-0.15, -0.1) is 0 Å². The molecule has 1 fully saturated rings. The maximum absolute atomic E-state index is 12.4. The normalized spacial score (nSPS) is 19.3. The molecule has 1 aliphatic carbocycles. The summed E-state index contributed by atoms with van der Waals surface area (Å²) in [4.78, 5) is 25.9. The number of aryl methyl sites for hydroxylation is 1. The van der Waals surface area contributed by atoms with Crippen LogP contribution in [0.25, 0.3) is 0 Å². The molecule has 5 nitrogen and oxygen atoms in total. The Balaban J connectivity index is 2.06. The molecule has 0 unspecified atom stereocenters. The van der Waals surface area contributed by atoms with Gasteiger partial charge < -0.3 is 16.0 Å². The molecule has 5 heteroatoms. The van der Waals surface area contributed by atoms with Crippen LogP contribution in [0.1, 0.15) is 80.9 Å². The van der Waals surface area contributed by atoms with E-state index < -0.39 is 0 Å². The van der Waals surface area contributed by atoms with Crippen molar-refractivity contribution < 1.29 is 9.59 Å². The molecule has 2 rings (SSSR count). The van der Waals surface area contributed by atoms with Crippen LogP contribution in [0.5, 0.6) is 0 Å². The lowest BCUT2D eigenvalue weighted by Crippen LogP contribution is -2.39. The Kier molecular flexibility index (Phi) is 8.34. The molecule has 0 bridgehead atoms. The Morgan fingerprint density at radius 3 is 2.43 bits per heavy atom. The number of nitrogens with two attached hydrogens (primary N) is 1. The number of nitrogens with zero attached hydrogens (tertiary/aromatic N) is 1. The summed E-state index contributed by atoms with van der Waals surface area (Å²) in [5, 5.41) is 3.32. The average molecular weight is 388 g/mol. The molecule has 0 heterocycles. The third kappa shape index (κ3) is 5.49. The van der Waals surface area contributed by atoms with Gasteiger partial charge in [-0.05, 0) is 61.6 Å². The van der Waals surface area contributed by atoms with E-state index in [0.717, 1.165) is 56.2 Å². The Morgan fingerprint density at radius 2 is 1.86 bits per heavy atom. The molecular weight excluding hydrogens is 350 g/mol. The number of carbonyl (C=O) groups excluding carboxylic acids is 2. The smallest absolute Gasteiger partial charge is 0.222 e. The van der Waals surface area contributed by atoms with Crippen LogP contribution < -0.4 is 11.1 Å². The number of anilines is 1. The lowest BCUT2D eigenvalue weighted by atomic mass is 9.78. The molecule has 0 radical (unpaired) electrons. The molecule has 0 saturated heterocycles. The number of primary amides is 1. The number of rotatable bonds is 9. The number of hydrogen-bond acceptors (Lipinski definition) is 3. The van der Waals surface area contributed by atoms with Crippen molar-refractivity contribution in [2.45, 2.75) is 83.6 Å². The highest BCUT2D eigenvalue weighted by molar-refractivity contribution is 5.80. The van der Waals surface area contributed by atoms with Crippen molar-refractivity contribution in [1.82, 2.24) is 4.90 Å².